The van der Waals surface area contributed by atoms with Gasteiger partial charge >= 0.3 is 0 Å². The van der Waals surface area contributed by atoms with E-state index in [1.54, 1.807) is 18.2 Å². The van der Waals surface area contributed by atoms with Gasteiger partial charge in [-0.15, -0.1) is 0 Å². The Morgan fingerprint density at radius 3 is 2.24 bits per heavy atom. The van der Waals surface area contributed by atoms with Gasteiger partial charge < -0.3 is 4.90 Å². The highest BCUT2D eigenvalue weighted by molar-refractivity contribution is 6.41. The average molecular weight is 442 g/mol. The topological polar surface area (TPSA) is 37.4 Å². The predicted molar refractivity (Wildman–Crippen MR) is 136 cm³/mol. The molecule has 0 saturated carbocycles. The minimum Gasteiger partial charge on any atom is -0.333 e. The van der Waals surface area contributed by atoms with Crippen LogP contribution in [-0.4, -0.2) is 11.6 Å². The zero-order chi connectivity index (χ0) is 23.2. The lowest BCUT2D eigenvalue weighted by Gasteiger charge is -2.28. The van der Waals surface area contributed by atoms with Crippen molar-refractivity contribution in [2.45, 2.75) is 19.4 Å². The first-order chi connectivity index (χ1) is 16.6. The first kappa shape index (κ1) is 20.4. The Balaban J connectivity index is 1.40. The van der Waals surface area contributed by atoms with Crippen LogP contribution in [0.15, 0.2) is 103 Å². The molecular weight excluding hydrogens is 418 g/mol. The number of hydrogen-bond donors (Lipinski definition) is 0. The van der Waals surface area contributed by atoms with Crippen LogP contribution in [0.2, 0.25) is 0 Å². The van der Waals surface area contributed by atoms with Gasteiger partial charge in [-0.3, -0.25) is 9.59 Å². The Labute approximate surface area is 199 Å². The van der Waals surface area contributed by atoms with Crippen molar-refractivity contribution in [1.82, 2.24) is 0 Å². The molecule has 0 amide bonds. The second-order valence-corrected chi connectivity index (χ2v) is 8.99. The molecule has 3 nitrogen and oxygen atoms in total. The van der Waals surface area contributed by atoms with Crippen LogP contribution in [0.5, 0.6) is 0 Å². The average Bonchev–Trinajstić information content (AvgIpc) is 3.36. The molecule has 1 aliphatic carbocycles. The number of nitrogens with zero attached hydrogens (tertiary/aromatic N) is 1. The maximum absolute atomic E-state index is 13.0. The second kappa shape index (κ2) is 7.96. The number of fused-ring (bicyclic) bond motifs is 2. The minimum absolute atomic E-state index is 0.183. The van der Waals surface area contributed by atoms with E-state index >= 15 is 0 Å². The molecule has 1 unspecified atom stereocenters. The summed E-state index contributed by atoms with van der Waals surface area (Å²) in [6.07, 6.45) is 2.61. The maximum Gasteiger partial charge on any atom is 0.197 e. The van der Waals surface area contributed by atoms with Gasteiger partial charge in [-0.05, 0) is 66.4 Å². The minimum atomic E-state index is -0.187. The van der Waals surface area contributed by atoms with Gasteiger partial charge in [0.2, 0.25) is 0 Å². The quantitative estimate of drug-likeness (QED) is 0.256. The third-order valence-corrected chi connectivity index (χ3v) is 6.77. The van der Waals surface area contributed by atoms with Crippen LogP contribution < -0.4 is 4.90 Å². The van der Waals surface area contributed by atoms with Gasteiger partial charge in [0.05, 0.1) is 11.6 Å². The number of carbonyl (C=O) groups excluding carboxylic acids is 2. The van der Waals surface area contributed by atoms with Gasteiger partial charge in [0, 0.05) is 22.5 Å². The number of Topliss-reactive ketones (excluding diaryl/α,β-unsaturated/α-hetero) is 2. The van der Waals surface area contributed by atoms with E-state index in [1.807, 2.05) is 31.2 Å². The summed E-state index contributed by atoms with van der Waals surface area (Å²) < 4.78 is 0. The fourth-order valence-corrected chi connectivity index (χ4v) is 5.15. The number of aryl methyl sites for hydroxylation is 1. The number of carbonyl (C=O) groups is 2. The summed E-state index contributed by atoms with van der Waals surface area (Å²) in [4.78, 5) is 28.3. The number of ketones is 2. The molecule has 0 spiro atoms. The Kier molecular flexibility index (Phi) is 4.77. The van der Waals surface area contributed by atoms with E-state index in [1.165, 1.54) is 11.1 Å². The van der Waals surface area contributed by atoms with Crippen molar-refractivity contribution in [3.05, 3.63) is 136 Å². The van der Waals surface area contributed by atoms with Crippen molar-refractivity contribution in [2.24, 2.45) is 0 Å². The van der Waals surface area contributed by atoms with Crippen LogP contribution in [0, 0.1) is 6.92 Å². The van der Waals surface area contributed by atoms with Gasteiger partial charge in [-0.2, -0.15) is 0 Å². The molecule has 0 fully saturated rings. The van der Waals surface area contributed by atoms with Gasteiger partial charge in [0.15, 0.2) is 11.6 Å². The summed E-state index contributed by atoms with van der Waals surface area (Å²) in [7, 11) is 0. The van der Waals surface area contributed by atoms with Crippen LogP contribution in [0.3, 0.4) is 0 Å². The normalized spacial score (nSPS) is 17.9. The summed E-state index contributed by atoms with van der Waals surface area (Å²) in [6, 6.07) is 32.8. The van der Waals surface area contributed by atoms with Gasteiger partial charge in [-0.1, -0.05) is 72.3 Å². The SMILES string of the molecule is Cc1ccc2c(c1)C(=O)/C(=C\c1ccc3c(c1)CC(c1ccccc1)N3c1ccccc1)C2=O. The third-order valence-electron chi connectivity index (χ3n) is 6.77. The second-order valence-electron chi connectivity index (χ2n) is 8.99. The molecule has 0 N–H and O–H groups in total. The number of hydrogen-bond acceptors (Lipinski definition) is 3. The van der Waals surface area contributed by atoms with Crippen molar-refractivity contribution in [3.8, 4) is 0 Å². The summed E-state index contributed by atoms with van der Waals surface area (Å²) >= 11 is 0. The van der Waals surface area contributed by atoms with Crippen LogP contribution in [0.25, 0.3) is 6.08 Å². The lowest BCUT2D eigenvalue weighted by atomic mass is 10.00. The van der Waals surface area contributed by atoms with Crippen molar-refractivity contribution >= 4 is 29.0 Å². The monoisotopic (exact) mass is 441 g/mol. The van der Waals surface area contributed by atoms with E-state index in [4.69, 9.17) is 0 Å². The third kappa shape index (κ3) is 3.29. The smallest absolute Gasteiger partial charge is 0.197 e. The molecule has 0 bridgehead atoms. The number of benzene rings is 4. The van der Waals surface area contributed by atoms with E-state index in [0.717, 1.165) is 28.9 Å². The molecule has 0 aromatic heterocycles. The first-order valence-corrected chi connectivity index (χ1v) is 11.5. The summed E-state index contributed by atoms with van der Waals surface area (Å²) in [5.74, 6) is -0.370. The largest absolute Gasteiger partial charge is 0.333 e. The maximum atomic E-state index is 13.0. The number of allylic oxidation sites excluding steroid dienone is 1. The van der Waals surface area contributed by atoms with Crippen LogP contribution in [-0.2, 0) is 6.42 Å². The Bertz CT molecular complexity index is 1470. The molecule has 34 heavy (non-hydrogen) atoms. The van der Waals surface area contributed by atoms with Crippen LogP contribution in [0.4, 0.5) is 11.4 Å². The lowest BCUT2D eigenvalue weighted by molar-refractivity contribution is 0.0990. The molecule has 0 radical (unpaired) electrons. The van der Waals surface area contributed by atoms with E-state index in [2.05, 4.69) is 65.6 Å². The highest BCUT2D eigenvalue weighted by atomic mass is 16.2. The summed E-state index contributed by atoms with van der Waals surface area (Å²) in [5.41, 5.74) is 7.89. The van der Waals surface area contributed by atoms with E-state index in [0.29, 0.717) is 11.1 Å². The van der Waals surface area contributed by atoms with Crippen molar-refractivity contribution in [1.29, 1.82) is 0 Å². The molecule has 3 heteroatoms. The molecule has 2 aliphatic rings. The molecule has 4 aromatic carbocycles. The number of rotatable bonds is 3. The van der Waals surface area contributed by atoms with Crippen LogP contribution >= 0.6 is 0 Å². The standard InChI is InChI=1S/C31H23NO2/c1-20-12-14-25-26(16-20)31(34)27(30(25)33)18-21-13-15-28-23(17-21)19-29(22-8-4-2-5-9-22)32(28)24-10-6-3-7-11-24/h2-18,29H,19H2,1H3/b27-18-. The van der Waals surface area contributed by atoms with Crippen molar-refractivity contribution < 1.29 is 9.59 Å². The van der Waals surface area contributed by atoms with Crippen LogP contribution in [0.1, 0.15) is 49.0 Å². The molecule has 164 valence electrons. The van der Waals surface area contributed by atoms with Gasteiger partial charge in [0.1, 0.15) is 0 Å². The lowest BCUT2D eigenvalue weighted by Crippen LogP contribution is -2.19. The van der Waals surface area contributed by atoms with Gasteiger partial charge in [-0.25, -0.2) is 0 Å². The molecule has 1 heterocycles. The summed E-state index contributed by atoms with van der Waals surface area (Å²) in [5, 5.41) is 0. The number of anilines is 2. The molecule has 6 rings (SSSR count). The fourth-order valence-electron chi connectivity index (χ4n) is 5.15. The van der Waals surface area contributed by atoms with Crippen molar-refractivity contribution in [3.63, 3.8) is 0 Å². The molecule has 0 saturated heterocycles. The summed E-state index contributed by atoms with van der Waals surface area (Å²) in [6.45, 7) is 1.93. The molecule has 1 aliphatic heterocycles. The molecular formula is C31H23NO2. The highest BCUT2D eigenvalue weighted by Gasteiger charge is 2.34. The van der Waals surface area contributed by atoms with Crippen molar-refractivity contribution in [2.75, 3.05) is 4.90 Å². The molecule has 1 atom stereocenters. The number of para-hydroxylation sites is 1. The Hall–Kier alpha value is -4.24. The predicted octanol–water partition coefficient (Wildman–Crippen LogP) is 6.89. The van der Waals surface area contributed by atoms with E-state index < -0.39 is 0 Å². The van der Waals surface area contributed by atoms with Gasteiger partial charge in [0.25, 0.3) is 0 Å². The zero-order valence-corrected chi connectivity index (χ0v) is 18.9. The zero-order valence-electron chi connectivity index (χ0n) is 18.9. The van der Waals surface area contributed by atoms with E-state index in [9.17, 15) is 9.59 Å². The Morgan fingerprint density at radius 1 is 0.765 bits per heavy atom. The Morgan fingerprint density at radius 2 is 1.47 bits per heavy atom. The van der Waals surface area contributed by atoms with E-state index in [-0.39, 0.29) is 23.2 Å². The first-order valence-electron chi connectivity index (χ1n) is 11.5. The fraction of sp³-hybridized carbons (Fsp3) is 0.0968. The highest BCUT2D eigenvalue weighted by Crippen LogP contribution is 2.45. The molecule has 4 aromatic rings.